The van der Waals surface area contributed by atoms with Crippen LogP contribution in [0.4, 0.5) is 0 Å². The molecule has 1 aliphatic rings. The molecule has 0 atom stereocenters. The van der Waals surface area contributed by atoms with Crippen LogP contribution in [0.3, 0.4) is 0 Å². The summed E-state index contributed by atoms with van der Waals surface area (Å²) in [7, 11) is 0. The predicted octanol–water partition coefficient (Wildman–Crippen LogP) is 3.83. The minimum Gasteiger partial charge on any atom is -0.352 e. The van der Waals surface area contributed by atoms with Gasteiger partial charge in [0.15, 0.2) is 0 Å². The molecule has 1 amide bonds. The van der Waals surface area contributed by atoms with Crippen LogP contribution < -0.4 is 5.32 Å². The average Bonchev–Trinajstić information content (AvgIpc) is 2.59. The quantitative estimate of drug-likeness (QED) is 0.857. The van der Waals surface area contributed by atoms with Crippen LogP contribution in [-0.4, -0.2) is 12.5 Å². The van der Waals surface area contributed by atoms with Crippen LogP contribution >= 0.6 is 0 Å². The van der Waals surface area contributed by atoms with Gasteiger partial charge in [-0.3, -0.25) is 4.79 Å². The first-order chi connectivity index (χ1) is 11.2. The van der Waals surface area contributed by atoms with Crippen molar-refractivity contribution in [1.82, 2.24) is 5.32 Å². The number of nitrogens with one attached hydrogen (secondary N) is 1. The van der Waals surface area contributed by atoms with Crippen LogP contribution in [0, 0.1) is 18.3 Å². The Hall–Kier alpha value is -2.86. The van der Waals surface area contributed by atoms with E-state index in [4.69, 9.17) is 0 Å². The van der Waals surface area contributed by atoms with Gasteiger partial charge in [0.1, 0.15) is 0 Å². The van der Waals surface area contributed by atoms with Crippen molar-refractivity contribution in [3.8, 4) is 17.2 Å². The Kier molecular flexibility index (Phi) is 4.25. The number of piperidine rings is 1. The van der Waals surface area contributed by atoms with Crippen LogP contribution in [0.15, 0.2) is 48.0 Å². The smallest absolute Gasteiger partial charge is 0.247 e. The third-order valence-electron chi connectivity index (χ3n) is 4.19. The van der Waals surface area contributed by atoms with Crippen molar-refractivity contribution in [1.29, 1.82) is 5.26 Å². The molecular formula is C20H18N2O. The minimum atomic E-state index is -0.000674. The summed E-state index contributed by atoms with van der Waals surface area (Å²) in [6.07, 6.45) is 3.67. The standard InChI is InChI=1S/C20H18N2O/c1-14-18(12-17-8-5-9-22-20(17)23)10-15(13-21)11-19(14)16-6-3-2-4-7-16/h2-4,6-7,10-12H,5,8-9H2,1H3,(H,22,23)/b17-12+. The van der Waals surface area contributed by atoms with Crippen molar-refractivity contribution in [2.45, 2.75) is 19.8 Å². The number of amides is 1. The monoisotopic (exact) mass is 302 g/mol. The molecule has 0 saturated carbocycles. The first kappa shape index (κ1) is 15.1. The van der Waals surface area contributed by atoms with Gasteiger partial charge in [-0.25, -0.2) is 0 Å². The fourth-order valence-electron chi connectivity index (χ4n) is 2.90. The van der Waals surface area contributed by atoms with Gasteiger partial charge in [-0.2, -0.15) is 5.26 Å². The van der Waals surface area contributed by atoms with Crippen molar-refractivity contribution < 1.29 is 4.79 Å². The minimum absolute atomic E-state index is 0.000674. The summed E-state index contributed by atoms with van der Waals surface area (Å²) >= 11 is 0. The van der Waals surface area contributed by atoms with E-state index in [0.717, 1.165) is 47.2 Å². The molecule has 114 valence electrons. The van der Waals surface area contributed by atoms with Crippen LogP contribution in [0.1, 0.15) is 29.5 Å². The average molecular weight is 302 g/mol. The lowest BCUT2D eigenvalue weighted by Crippen LogP contribution is -2.30. The lowest BCUT2D eigenvalue weighted by molar-refractivity contribution is -0.118. The Labute approximate surface area is 136 Å². The predicted molar refractivity (Wildman–Crippen MR) is 91.6 cm³/mol. The molecule has 1 saturated heterocycles. The van der Waals surface area contributed by atoms with E-state index in [2.05, 4.69) is 11.4 Å². The Balaban J connectivity index is 2.12. The highest BCUT2D eigenvalue weighted by Crippen LogP contribution is 2.29. The van der Waals surface area contributed by atoms with Crippen LogP contribution in [0.5, 0.6) is 0 Å². The topological polar surface area (TPSA) is 52.9 Å². The highest BCUT2D eigenvalue weighted by Gasteiger charge is 2.15. The number of rotatable bonds is 2. The number of hydrogen-bond donors (Lipinski definition) is 1. The fourth-order valence-corrected chi connectivity index (χ4v) is 2.90. The lowest BCUT2D eigenvalue weighted by atomic mass is 9.92. The van der Waals surface area contributed by atoms with Crippen molar-refractivity contribution in [3.63, 3.8) is 0 Å². The number of nitriles is 1. The van der Waals surface area contributed by atoms with E-state index in [-0.39, 0.29) is 5.91 Å². The van der Waals surface area contributed by atoms with Crippen LogP contribution in [0.2, 0.25) is 0 Å². The molecule has 3 nitrogen and oxygen atoms in total. The second kappa shape index (κ2) is 6.50. The number of nitrogens with zero attached hydrogens (tertiary/aromatic N) is 1. The Morgan fingerprint density at radius 1 is 1.22 bits per heavy atom. The third-order valence-corrected chi connectivity index (χ3v) is 4.19. The molecule has 2 aromatic carbocycles. The van der Waals surface area contributed by atoms with E-state index in [9.17, 15) is 10.1 Å². The summed E-state index contributed by atoms with van der Waals surface area (Å²) in [6, 6.07) is 16.0. The van der Waals surface area contributed by atoms with Gasteiger partial charge in [0.05, 0.1) is 11.6 Å². The highest BCUT2D eigenvalue weighted by atomic mass is 16.1. The SMILES string of the molecule is Cc1c(/C=C2\CCCNC2=O)cc(C#N)cc1-c1ccccc1. The Morgan fingerprint density at radius 3 is 2.70 bits per heavy atom. The second-order valence-corrected chi connectivity index (χ2v) is 5.74. The number of benzene rings is 2. The molecule has 1 N–H and O–H groups in total. The fraction of sp³-hybridized carbons (Fsp3) is 0.200. The zero-order valence-corrected chi connectivity index (χ0v) is 13.1. The number of carbonyl (C=O) groups excluding carboxylic acids is 1. The molecular weight excluding hydrogens is 284 g/mol. The molecule has 1 fully saturated rings. The number of hydrogen-bond acceptors (Lipinski definition) is 2. The van der Waals surface area contributed by atoms with Gasteiger partial charge < -0.3 is 5.32 Å². The van der Waals surface area contributed by atoms with E-state index >= 15 is 0 Å². The van der Waals surface area contributed by atoms with Crippen molar-refractivity contribution in [2.24, 2.45) is 0 Å². The Bertz CT molecular complexity index is 814. The van der Waals surface area contributed by atoms with E-state index < -0.39 is 0 Å². The highest BCUT2D eigenvalue weighted by molar-refractivity contribution is 5.99. The van der Waals surface area contributed by atoms with Crippen LogP contribution in [0.25, 0.3) is 17.2 Å². The summed E-state index contributed by atoms with van der Waals surface area (Å²) < 4.78 is 0. The molecule has 1 heterocycles. The van der Waals surface area contributed by atoms with E-state index in [1.807, 2.05) is 55.5 Å². The maximum absolute atomic E-state index is 12.0. The maximum Gasteiger partial charge on any atom is 0.247 e. The zero-order chi connectivity index (χ0) is 16.2. The van der Waals surface area contributed by atoms with Crippen molar-refractivity contribution in [2.75, 3.05) is 6.54 Å². The summed E-state index contributed by atoms with van der Waals surface area (Å²) in [6.45, 7) is 2.78. The summed E-state index contributed by atoms with van der Waals surface area (Å²) in [5, 5.41) is 12.2. The molecule has 0 radical (unpaired) electrons. The van der Waals surface area contributed by atoms with Crippen molar-refractivity contribution >= 4 is 12.0 Å². The summed E-state index contributed by atoms with van der Waals surface area (Å²) in [5.74, 6) is -0.000674. The maximum atomic E-state index is 12.0. The summed E-state index contributed by atoms with van der Waals surface area (Å²) in [4.78, 5) is 12.0. The van der Waals surface area contributed by atoms with Gasteiger partial charge in [-0.15, -0.1) is 0 Å². The van der Waals surface area contributed by atoms with Gasteiger partial charge in [-0.05, 0) is 60.2 Å². The molecule has 3 heteroatoms. The summed E-state index contributed by atoms with van der Waals surface area (Å²) in [5.41, 5.74) is 5.53. The molecule has 0 bridgehead atoms. The largest absolute Gasteiger partial charge is 0.352 e. The van der Waals surface area contributed by atoms with Gasteiger partial charge in [0, 0.05) is 12.1 Å². The van der Waals surface area contributed by atoms with Gasteiger partial charge in [0.2, 0.25) is 5.91 Å². The lowest BCUT2D eigenvalue weighted by Gasteiger charge is -2.16. The first-order valence-corrected chi connectivity index (χ1v) is 7.78. The first-order valence-electron chi connectivity index (χ1n) is 7.78. The molecule has 3 rings (SSSR count). The van der Waals surface area contributed by atoms with Crippen molar-refractivity contribution in [3.05, 3.63) is 64.7 Å². The molecule has 0 aliphatic carbocycles. The molecule has 0 unspecified atom stereocenters. The Morgan fingerprint density at radius 2 is 2.00 bits per heavy atom. The zero-order valence-electron chi connectivity index (χ0n) is 13.1. The molecule has 2 aromatic rings. The van der Waals surface area contributed by atoms with E-state index in [0.29, 0.717) is 5.56 Å². The van der Waals surface area contributed by atoms with Gasteiger partial charge in [-0.1, -0.05) is 30.3 Å². The molecule has 1 aliphatic heterocycles. The van der Waals surface area contributed by atoms with E-state index in [1.54, 1.807) is 0 Å². The number of carbonyl (C=O) groups is 1. The molecule has 0 spiro atoms. The van der Waals surface area contributed by atoms with Gasteiger partial charge >= 0.3 is 0 Å². The molecule has 23 heavy (non-hydrogen) atoms. The normalized spacial score (nSPS) is 16.0. The molecule has 0 aromatic heterocycles. The third kappa shape index (κ3) is 3.17. The van der Waals surface area contributed by atoms with Crippen LogP contribution in [-0.2, 0) is 4.79 Å². The second-order valence-electron chi connectivity index (χ2n) is 5.74. The van der Waals surface area contributed by atoms with Gasteiger partial charge in [0.25, 0.3) is 0 Å². The van der Waals surface area contributed by atoms with E-state index in [1.165, 1.54) is 0 Å².